The Morgan fingerprint density at radius 1 is 1.35 bits per heavy atom. The lowest BCUT2D eigenvalue weighted by molar-refractivity contribution is 0.463. The van der Waals surface area contributed by atoms with Crippen LogP contribution in [0.1, 0.15) is 32.1 Å². The summed E-state index contributed by atoms with van der Waals surface area (Å²) in [6, 6.07) is 3.86. The number of nitrogens with zero attached hydrogens (tertiary/aromatic N) is 3. The average molecular weight is 230 g/mol. The Morgan fingerprint density at radius 3 is 3.00 bits per heavy atom. The number of nitrogen functional groups attached to an aromatic ring is 1. The van der Waals surface area contributed by atoms with Gasteiger partial charge in [-0.2, -0.15) is 0 Å². The van der Waals surface area contributed by atoms with Crippen LogP contribution in [0.5, 0.6) is 0 Å². The molecule has 2 N–H and O–H groups in total. The molecule has 2 aromatic heterocycles. The van der Waals surface area contributed by atoms with Crippen molar-refractivity contribution in [1.29, 1.82) is 0 Å². The fourth-order valence-electron chi connectivity index (χ4n) is 2.81. The zero-order valence-electron chi connectivity index (χ0n) is 9.97. The highest BCUT2D eigenvalue weighted by molar-refractivity contribution is 5.73. The molecule has 1 aliphatic rings. The molecule has 90 valence electrons. The van der Waals surface area contributed by atoms with Crippen molar-refractivity contribution in [2.75, 3.05) is 5.73 Å². The Morgan fingerprint density at radius 2 is 2.18 bits per heavy atom. The highest BCUT2D eigenvalue weighted by Crippen LogP contribution is 2.28. The summed E-state index contributed by atoms with van der Waals surface area (Å²) in [6.07, 6.45) is 8.54. The van der Waals surface area contributed by atoms with Gasteiger partial charge in [-0.1, -0.05) is 25.7 Å². The molecule has 1 saturated carbocycles. The van der Waals surface area contributed by atoms with Gasteiger partial charge in [0.1, 0.15) is 5.52 Å². The largest absolute Gasteiger partial charge is 0.369 e. The fourth-order valence-corrected chi connectivity index (χ4v) is 2.81. The van der Waals surface area contributed by atoms with E-state index in [9.17, 15) is 0 Å². The van der Waals surface area contributed by atoms with Gasteiger partial charge in [0.05, 0.1) is 0 Å². The standard InChI is InChI=1S/C13H18N4/c14-13-16-11-6-3-8-15-12(11)17(13)9-7-10-4-1-2-5-10/h3,6,8,10H,1-2,4-5,7,9H2,(H2,14,16). The lowest BCUT2D eigenvalue weighted by atomic mass is 10.0. The summed E-state index contributed by atoms with van der Waals surface area (Å²) in [6.45, 7) is 0.948. The maximum atomic E-state index is 5.95. The number of aromatic nitrogens is 3. The normalized spacial score (nSPS) is 16.9. The molecule has 3 rings (SSSR count). The quantitative estimate of drug-likeness (QED) is 0.881. The summed E-state index contributed by atoms with van der Waals surface area (Å²) >= 11 is 0. The van der Waals surface area contributed by atoms with E-state index in [2.05, 4.69) is 9.97 Å². The first kappa shape index (κ1) is 10.6. The number of anilines is 1. The molecule has 0 bridgehead atoms. The van der Waals surface area contributed by atoms with E-state index in [1.54, 1.807) is 6.20 Å². The zero-order valence-corrected chi connectivity index (χ0v) is 9.97. The predicted molar refractivity (Wildman–Crippen MR) is 68.5 cm³/mol. The lowest BCUT2D eigenvalue weighted by Gasteiger charge is -2.10. The Kier molecular flexibility index (Phi) is 2.71. The summed E-state index contributed by atoms with van der Waals surface area (Å²) in [5.74, 6) is 1.47. The number of imidazole rings is 1. The van der Waals surface area contributed by atoms with E-state index >= 15 is 0 Å². The third-order valence-electron chi connectivity index (χ3n) is 3.77. The van der Waals surface area contributed by atoms with Crippen LogP contribution in [-0.2, 0) is 6.54 Å². The van der Waals surface area contributed by atoms with Crippen LogP contribution in [-0.4, -0.2) is 14.5 Å². The van der Waals surface area contributed by atoms with Crippen molar-refractivity contribution in [2.45, 2.75) is 38.6 Å². The monoisotopic (exact) mass is 230 g/mol. The van der Waals surface area contributed by atoms with E-state index in [1.165, 1.54) is 32.1 Å². The Labute approximate surface area is 101 Å². The number of hydrogen-bond donors (Lipinski definition) is 1. The van der Waals surface area contributed by atoms with Crippen molar-refractivity contribution in [1.82, 2.24) is 14.5 Å². The summed E-state index contributed by atoms with van der Waals surface area (Å²) in [7, 11) is 0. The molecule has 0 spiro atoms. The van der Waals surface area contributed by atoms with Crippen LogP contribution >= 0.6 is 0 Å². The van der Waals surface area contributed by atoms with E-state index in [0.29, 0.717) is 5.95 Å². The average Bonchev–Trinajstić information content (AvgIpc) is 2.93. The molecule has 0 aliphatic heterocycles. The number of hydrogen-bond acceptors (Lipinski definition) is 3. The van der Waals surface area contributed by atoms with Gasteiger partial charge in [-0.25, -0.2) is 9.97 Å². The van der Waals surface area contributed by atoms with E-state index < -0.39 is 0 Å². The third-order valence-corrected chi connectivity index (χ3v) is 3.77. The van der Waals surface area contributed by atoms with Gasteiger partial charge in [-0.15, -0.1) is 0 Å². The van der Waals surface area contributed by atoms with Gasteiger partial charge in [0.2, 0.25) is 5.95 Å². The molecule has 4 nitrogen and oxygen atoms in total. The molecule has 1 aliphatic carbocycles. The minimum absolute atomic E-state index is 0.594. The maximum absolute atomic E-state index is 5.95. The molecular formula is C13H18N4. The van der Waals surface area contributed by atoms with Crippen LogP contribution in [0.25, 0.3) is 11.2 Å². The summed E-state index contributed by atoms with van der Waals surface area (Å²) in [5.41, 5.74) is 7.77. The topological polar surface area (TPSA) is 56.7 Å². The van der Waals surface area contributed by atoms with E-state index in [-0.39, 0.29) is 0 Å². The molecule has 2 aromatic rings. The van der Waals surface area contributed by atoms with Crippen LogP contribution in [0.3, 0.4) is 0 Å². The van der Waals surface area contributed by atoms with E-state index in [4.69, 9.17) is 5.73 Å². The molecule has 17 heavy (non-hydrogen) atoms. The van der Waals surface area contributed by atoms with Crippen molar-refractivity contribution in [3.05, 3.63) is 18.3 Å². The molecule has 0 aromatic carbocycles. The summed E-state index contributed by atoms with van der Waals surface area (Å²) in [4.78, 5) is 8.70. The van der Waals surface area contributed by atoms with Crippen LogP contribution in [0.4, 0.5) is 5.95 Å². The predicted octanol–water partition coefficient (Wildman–Crippen LogP) is 2.59. The SMILES string of the molecule is Nc1nc2cccnc2n1CCC1CCCC1. The van der Waals surface area contributed by atoms with Gasteiger partial charge in [-0.3, -0.25) is 4.57 Å². The van der Waals surface area contributed by atoms with Crippen LogP contribution in [0.15, 0.2) is 18.3 Å². The van der Waals surface area contributed by atoms with Crippen molar-refractivity contribution in [3.8, 4) is 0 Å². The summed E-state index contributed by atoms with van der Waals surface area (Å²) < 4.78 is 2.05. The fraction of sp³-hybridized carbons (Fsp3) is 0.538. The Bertz CT molecular complexity index is 511. The summed E-state index contributed by atoms with van der Waals surface area (Å²) in [5, 5.41) is 0. The Balaban J connectivity index is 1.81. The van der Waals surface area contributed by atoms with Gasteiger partial charge >= 0.3 is 0 Å². The van der Waals surface area contributed by atoms with Crippen LogP contribution < -0.4 is 5.73 Å². The van der Waals surface area contributed by atoms with Gasteiger partial charge in [0.15, 0.2) is 5.65 Å². The molecule has 0 radical (unpaired) electrons. The number of nitrogens with two attached hydrogens (primary N) is 1. The van der Waals surface area contributed by atoms with Crippen molar-refractivity contribution in [2.24, 2.45) is 5.92 Å². The Hall–Kier alpha value is -1.58. The minimum Gasteiger partial charge on any atom is -0.369 e. The van der Waals surface area contributed by atoms with Crippen molar-refractivity contribution >= 4 is 17.1 Å². The van der Waals surface area contributed by atoms with Gasteiger partial charge < -0.3 is 5.73 Å². The maximum Gasteiger partial charge on any atom is 0.202 e. The first-order valence-corrected chi connectivity index (χ1v) is 6.41. The number of rotatable bonds is 3. The molecular weight excluding hydrogens is 212 g/mol. The first-order chi connectivity index (χ1) is 8.34. The highest BCUT2D eigenvalue weighted by Gasteiger charge is 2.16. The van der Waals surface area contributed by atoms with E-state index in [0.717, 1.165) is 23.6 Å². The lowest BCUT2D eigenvalue weighted by Crippen LogP contribution is -2.07. The second-order valence-electron chi connectivity index (χ2n) is 4.91. The van der Waals surface area contributed by atoms with Crippen LogP contribution in [0.2, 0.25) is 0 Å². The van der Waals surface area contributed by atoms with Crippen molar-refractivity contribution in [3.63, 3.8) is 0 Å². The zero-order chi connectivity index (χ0) is 11.7. The molecule has 0 saturated heterocycles. The molecule has 2 heterocycles. The van der Waals surface area contributed by atoms with E-state index in [1.807, 2.05) is 16.7 Å². The smallest absolute Gasteiger partial charge is 0.202 e. The second-order valence-corrected chi connectivity index (χ2v) is 4.91. The number of fused-ring (bicyclic) bond motifs is 1. The third kappa shape index (κ3) is 1.99. The second kappa shape index (κ2) is 4.35. The highest BCUT2D eigenvalue weighted by atomic mass is 15.2. The molecule has 0 unspecified atom stereocenters. The molecule has 4 heteroatoms. The van der Waals surface area contributed by atoms with Gasteiger partial charge in [-0.05, 0) is 24.5 Å². The molecule has 0 amide bonds. The number of pyridine rings is 1. The van der Waals surface area contributed by atoms with Gasteiger partial charge in [0.25, 0.3) is 0 Å². The van der Waals surface area contributed by atoms with Crippen LogP contribution in [0, 0.1) is 5.92 Å². The molecule has 0 atom stereocenters. The minimum atomic E-state index is 0.594. The van der Waals surface area contributed by atoms with Gasteiger partial charge in [0, 0.05) is 12.7 Å². The van der Waals surface area contributed by atoms with Crippen molar-refractivity contribution < 1.29 is 0 Å². The molecule has 1 fully saturated rings. The number of aryl methyl sites for hydroxylation is 1. The first-order valence-electron chi connectivity index (χ1n) is 6.41.